The fourth-order valence-corrected chi connectivity index (χ4v) is 2.97. The van der Waals surface area contributed by atoms with Gasteiger partial charge in [-0.3, -0.25) is 4.79 Å². The molecule has 0 aromatic heterocycles. The van der Waals surface area contributed by atoms with Crippen LogP contribution in [0.3, 0.4) is 0 Å². The highest BCUT2D eigenvalue weighted by molar-refractivity contribution is 5.81. The minimum Gasteiger partial charge on any atom is -0.465 e. The summed E-state index contributed by atoms with van der Waals surface area (Å²) in [5, 5.41) is 3.49. The van der Waals surface area contributed by atoms with Crippen molar-refractivity contribution in [3.8, 4) is 0 Å². The lowest BCUT2D eigenvalue weighted by molar-refractivity contribution is -0.151. The van der Waals surface area contributed by atoms with Crippen molar-refractivity contribution in [1.82, 2.24) is 10.2 Å². The van der Waals surface area contributed by atoms with Crippen molar-refractivity contribution in [1.29, 1.82) is 0 Å². The number of nitrogens with one attached hydrogen (secondary N) is 1. The molecule has 112 valence electrons. The van der Waals surface area contributed by atoms with E-state index in [9.17, 15) is 4.79 Å². The first kappa shape index (κ1) is 16.4. The quantitative estimate of drug-likeness (QED) is 0.685. The van der Waals surface area contributed by atoms with Crippen molar-refractivity contribution in [3.63, 3.8) is 0 Å². The zero-order valence-electron chi connectivity index (χ0n) is 13.0. The van der Waals surface area contributed by atoms with Gasteiger partial charge in [-0.2, -0.15) is 0 Å². The fraction of sp³-hybridized carbons (Fsp3) is 0.933. The minimum absolute atomic E-state index is 0.0566. The van der Waals surface area contributed by atoms with Gasteiger partial charge in [0.25, 0.3) is 0 Å². The molecule has 0 saturated heterocycles. The molecule has 0 aliphatic heterocycles. The van der Waals surface area contributed by atoms with Gasteiger partial charge in [0.05, 0.1) is 6.61 Å². The largest absolute Gasteiger partial charge is 0.465 e. The van der Waals surface area contributed by atoms with E-state index < -0.39 is 5.54 Å². The Bertz CT molecular complexity index is 279. The van der Waals surface area contributed by atoms with Crippen molar-refractivity contribution in [3.05, 3.63) is 0 Å². The van der Waals surface area contributed by atoms with E-state index in [4.69, 9.17) is 4.74 Å². The maximum atomic E-state index is 12.2. The first-order valence-corrected chi connectivity index (χ1v) is 7.72. The van der Waals surface area contributed by atoms with Crippen LogP contribution in [-0.4, -0.2) is 49.2 Å². The Hall–Kier alpha value is -0.610. The number of ether oxygens (including phenoxy) is 1. The molecule has 0 aromatic carbocycles. The van der Waals surface area contributed by atoms with Crippen LogP contribution in [0.4, 0.5) is 0 Å². The number of esters is 1. The number of hydrogen-bond donors (Lipinski definition) is 1. The third kappa shape index (κ3) is 4.46. The van der Waals surface area contributed by atoms with Crippen LogP contribution in [0.1, 0.15) is 47.0 Å². The molecule has 1 saturated carbocycles. The summed E-state index contributed by atoms with van der Waals surface area (Å²) in [4.78, 5) is 14.6. The van der Waals surface area contributed by atoms with Crippen LogP contribution in [0.15, 0.2) is 0 Å². The Labute approximate surface area is 117 Å². The van der Waals surface area contributed by atoms with E-state index in [1.807, 2.05) is 6.92 Å². The molecule has 1 N–H and O–H groups in total. The predicted molar refractivity (Wildman–Crippen MR) is 78.2 cm³/mol. The highest BCUT2D eigenvalue weighted by Gasteiger charge is 2.44. The van der Waals surface area contributed by atoms with Crippen molar-refractivity contribution < 1.29 is 9.53 Å². The van der Waals surface area contributed by atoms with Gasteiger partial charge in [-0.1, -0.05) is 20.8 Å². The first-order chi connectivity index (χ1) is 9.07. The molecular formula is C15H30N2O2. The van der Waals surface area contributed by atoms with Crippen molar-refractivity contribution >= 4 is 5.97 Å². The Balaban J connectivity index is 2.53. The second-order valence-corrected chi connectivity index (χ2v) is 5.60. The Morgan fingerprint density at radius 1 is 1.37 bits per heavy atom. The molecule has 1 aliphatic rings. The van der Waals surface area contributed by atoms with Crippen molar-refractivity contribution in [2.45, 2.75) is 52.5 Å². The zero-order valence-corrected chi connectivity index (χ0v) is 13.0. The predicted octanol–water partition coefficient (Wildman–Crippen LogP) is 2.04. The smallest absolute Gasteiger partial charge is 0.326 e. The number of carbonyl (C=O) groups is 1. The van der Waals surface area contributed by atoms with E-state index in [2.05, 4.69) is 31.0 Å². The average Bonchev–Trinajstić information content (AvgIpc) is 2.78. The summed E-state index contributed by atoms with van der Waals surface area (Å²) in [7, 11) is 0. The minimum atomic E-state index is -0.428. The van der Waals surface area contributed by atoms with Crippen LogP contribution in [0.2, 0.25) is 0 Å². The molecule has 4 nitrogen and oxygen atoms in total. The summed E-state index contributed by atoms with van der Waals surface area (Å²) in [6, 6.07) is 0. The Morgan fingerprint density at radius 2 is 2.05 bits per heavy atom. The van der Waals surface area contributed by atoms with Gasteiger partial charge >= 0.3 is 5.97 Å². The van der Waals surface area contributed by atoms with Gasteiger partial charge in [0, 0.05) is 13.1 Å². The maximum absolute atomic E-state index is 12.2. The zero-order chi connectivity index (χ0) is 14.3. The van der Waals surface area contributed by atoms with E-state index in [0.717, 1.165) is 45.4 Å². The molecule has 1 fully saturated rings. The van der Waals surface area contributed by atoms with Crippen LogP contribution in [0.5, 0.6) is 0 Å². The molecule has 2 unspecified atom stereocenters. The fourth-order valence-electron chi connectivity index (χ4n) is 2.97. The molecule has 0 heterocycles. The highest BCUT2D eigenvalue weighted by atomic mass is 16.5. The highest BCUT2D eigenvalue weighted by Crippen LogP contribution is 2.35. The average molecular weight is 270 g/mol. The van der Waals surface area contributed by atoms with Gasteiger partial charge in [0.2, 0.25) is 0 Å². The molecular weight excluding hydrogens is 240 g/mol. The molecule has 2 atom stereocenters. The number of nitrogens with zero attached hydrogens (tertiary/aromatic N) is 1. The summed E-state index contributed by atoms with van der Waals surface area (Å²) in [5.41, 5.74) is -0.428. The summed E-state index contributed by atoms with van der Waals surface area (Å²) >= 11 is 0. The lowest BCUT2D eigenvalue weighted by atomic mass is 9.96. The first-order valence-electron chi connectivity index (χ1n) is 7.72. The van der Waals surface area contributed by atoms with Gasteiger partial charge in [-0.15, -0.1) is 0 Å². The number of likely N-dealkylation sites (N-methyl/N-ethyl adjacent to an activating group) is 1. The summed E-state index contributed by atoms with van der Waals surface area (Å²) in [6.45, 7) is 12.8. The van der Waals surface area contributed by atoms with Crippen LogP contribution in [0.25, 0.3) is 0 Å². The molecule has 0 spiro atoms. The van der Waals surface area contributed by atoms with E-state index in [1.165, 1.54) is 0 Å². The SMILES string of the molecule is CCOC(=O)C1(NCCN(CC)CC)CCC(C)C1. The molecule has 1 aliphatic carbocycles. The van der Waals surface area contributed by atoms with Gasteiger partial charge < -0.3 is 15.0 Å². The second-order valence-electron chi connectivity index (χ2n) is 5.60. The van der Waals surface area contributed by atoms with E-state index in [-0.39, 0.29) is 5.97 Å². The molecule has 0 amide bonds. The number of hydrogen-bond acceptors (Lipinski definition) is 4. The summed E-state index contributed by atoms with van der Waals surface area (Å²) < 4.78 is 5.27. The van der Waals surface area contributed by atoms with Gasteiger partial charge in [0.1, 0.15) is 5.54 Å². The Morgan fingerprint density at radius 3 is 2.53 bits per heavy atom. The maximum Gasteiger partial charge on any atom is 0.326 e. The van der Waals surface area contributed by atoms with Gasteiger partial charge in [0.15, 0.2) is 0 Å². The van der Waals surface area contributed by atoms with E-state index in [1.54, 1.807) is 0 Å². The third-order valence-electron chi connectivity index (χ3n) is 4.21. The van der Waals surface area contributed by atoms with E-state index in [0.29, 0.717) is 12.5 Å². The lowest BCUT2D eigenvalue weighted by Crippen LogP contribution is -2.53. The third-order valence-corrected chi connectivity index (χ3v) is 4.21. The molecule has 19 heavy (non-hydrogen) atoms. The molecule has 0 bridgehead atoms. The summed E-state index contributed by atoms with van der Waals surface area (Å²) in [6.07, 6.45) is 2.92. The molecule has 0 radical (unpaired) electrons. The van der Waals surface area contributed by atoms with Gasteiger partial charge in [-0.25, -0.2) is 0 Å². The van der Waals surface area contributed by atoms with Gasteiger partial charge in [-0.05, 0) is 45.2 Å². The van der Waals surface area contributed by atoms with Crippen LogP contribution >= 0.6 is 0 Å². The Kier molecular flexibility index (Phi) is 6.80. The van der Waals surface area contributed by atoms with E-state index >= 15 is 0 Å². The second kappa shape index (κ2) is 7.85. The number of carbonyl (C=O) groups excluding carboxylic acids is 1. The normalized spacial score (nSPS) is 26.9. The number of rotatable bonds is 8. The topological polar surface area (TPSA) is 41.6 Å². The van der Waals surface area contributed by atoms with Crippen molar-refractivity contribution in [2.75, 3.05) is 32.8 Å². The molecule has 1 rings (SSSR count). The van der Waals surface area contributed by atoms with Crippen LogP contribution < -0.4 is 5.32 Å². The van der Waals surface area contributed by atoms with Crippen molar-refractivity contribution in [2.24, 2.45) is 5.92 Å². The monoisotopic (exact) mass is 270 g/mol. The van der Waals surface area contributed by atoms with Crippen LogP contribution in [-0.2, 0) is 9.53 Å². The van der Waals surface area contributed by atoms with Crippen LogP contribution in [0, 0.1) is 5.92 Å². The summed E-state index contributed by atoms with van der Waals surface area (Å²) in [5.74, 6) is 0.546. The molecule has 4 heteroatoms. The molecule has 0 aromatic rings. The standard InChI is InChI=1S/C15H30N2O2/c1-5-17(6-2)11-10-16-15(14(18)19-7-3)9-8-13(4)12-15/h13,16H,5-12H2,1-4H3. The lowest BCUT2D eigenvalue weighted by Gasteiger charge is -2.29.